The summed E-state index contributed by atoms with van der Waals surface area (Å²) >= 11 is 0. The van der Waals surface area contributed by atoms with Crippen molar-refractivity contribution < 1.29 is 18.6 Å². The minimum atomic E-state index is -3.69. The molecule has 7 heteroatoms. The van der Waals surface area contributed by atoms with Crippen LogP contribution in [0.15, 0.2) is 71.6 Å². The van der Waals surface area contributed by atoms with Gasteiger partial charge in [-0.25, -0.2) is 8.42 Å². The molecule has 0 amide bonds. The van der Waals surface area contributed by atoms with Gasteiger partial charge in [0.2, 0.25) is 0 Å². The lowest BCUT2D eigenvalue weighted by Crippen LogP contribution is -2.46. The third kappa shape index (κ3) is 5.39. The smallest absolute Gasteiger partial charge is 0.270 e. The number of nitrogens with one attached hydrogen (secondary N) is 1. The molecule has 30 heavy (non-hydrogen) atoms. The van der Waals surface area contributed by atoms with Crippen molar-refractivity contribution in [2.24, 2.45) is 5.73 Å². The minimum Gasteiger partial charge on any atom is -0.493 e. The van der Waals surface area contributed by atoms with E-state index in [-0.39, 0.29) is 10.7 Å². The molecule has 156 valence electrons. The lowest BCUT2D eigenvalue weighted by atomic mass is 10.1. The number of hydrogen-bond acceptors (Lipinski definition) is 3. The second kappa shape index (κ2) is 9.00. The summed E-state index contributed by atoms with van der Waals surface area (Å²) in [5.41, 5.74) is 9.49. The van der Waals surface area contributed by atoms with Gasteiger partial charge >= 0.3 is 0 Å². The molecule has 0 atom stereocenters. The second-order valence-corrected chi connectivity index (χ2v) is 8.80. The van der Waals surface area contributed by atoms with Crippen LogP contribution in [0.2, 0.25) is 0 Å². The van der Waals surface area contributed by atoms with Crippen LogP contribution < -0.4 is 20.6 Å². The zero-order valence-corrected chi connectivity index (χ0v) is 17.9. The Hall–Kier alpha value is -3.32. The van der Waals surface area contributed by atoms with Gasteiger partial charge < -0.3 is 4.74 Å². The molecular weight excluding hydrogens is 398 g/mol. The van der Waals surface area contributed by atoms with Crippen LogP contribution in [0.25, 0.3) is 0 Å². The quantitative estimate of drug-likeness (QED) is 0.381. The number of rotatable bonds is 8. The van der Waals surface area contributed by atoms with E-state index in [4.69, 9.17) is 15.9 Å². The van der Waals surface area contributed by atoms with E-state index in [1.165, 1.54) is 0 Å². The van der Waals surface area contributed by atoms with E-state index in [2.05, 4.69) is 4.72 Å². The van der Waals surface area contributed by atoms with E-state index < -0.39 is 10.0 Å². The van der Waals surface area contributed by atoms with Gasteiger partial charge in [0.1, 0.15) is 5.75 Å². The second-order valence-electron chi connectivity index (χ2n) is 7.15. The number of ether oxygens (including phenoxy) is 1. The summed E-state index contributed by atoms with van der Waals surface area (Å²) in [6.45, 7) is 4.10. The van der Waals surface area contributed by atoms with Gasteiger partial charge in [0.15, 0.2) is 0 Å². The lowest BCUT2D eigenvalue weighted by Gasteiger charge is -2.12. The number of amidine groups is 1. The zero-order valence-electron chi connectivity index (χ0n) is 17.1. The maximum Gasteiger partial charge on any atom is 0.270 e. The maximum atomic E-state index is 12.8. The summed E-state index contributed by atoms with van der Waals surface area (Å²) in [6, 6.07) is 19.9. The van der Waals surface area contributed by atoms with Crippen LogP contribution in [0.4, 0.5) is 5.69 Å². The molecule has 0 saturated heterocycles. The molecule has 0 spiro atoms. The van der Waals surface area contributed by atoms with Crippen molar-refractivity contribution >= 4 is 21.5 Å². The summed E-state index contributed by atoms with van der Waals surface area (Å²) in [5, 5.41) is 5.57. The number of benzene rings is 3. The van der Waals surface area contributed by atoms with Crippen LogP contribution in [0, 0.1) is 13.8 Å². The van der Waals surface area contributed by atoms with E-state index >= 15 is 0 Å². The molecule has 0 saturated carbocycles. The fourth-order valence-corrected chi connectivity index (χ4v) is 4.39. The highest BCUT2D eigenvalue weighted by Gasteiger charge is 2.17. The standard InChI is InChI=1S/C23H25N3O3S/c1-16-6-7-17(2)22(14-16)30(27,28)26-20-4-3-5-21(15-20)29-13-12-18-8-10-19(11-9-18)23(24)25/h3-11,14-15,26H,12-13H2,1-2H3,(H3,24,25)/p+1. The van der Waals surface area contributed by atoms with Crippen LogP contribution in [-0.2, 0) is 16.4 Å². The third-order valence-electron chi connectivity index (χ3n) is 4.67. The van der Waals surface area contributed by atoms with Gasteiger partial charge in [0.05, 0.1) is 22.8 Å². The molecule has 0 aliphatic carbocycles. The maximum absolute atomic E-state index is 12.8. The number of sulfonamides is 1. The number of aryl methyl sites for hydroxylation is 2. The highest BCUT2D eigenvalue weighted by Crippen LogP contribution is 2.23. The van der Waals surface area contributed by atoms with Crippen LogP contribution in [0.1, 0.15) is 22.3 Å². The molecule has 0 radical (unpaired) electrons. The van der Waals surface area contributed by atoms with Crippen LogP contribution in [0.3, 0.4) is 0 Å². The first-order chi connectivity index (χ1) is 14.2. The van der Waals surface area contributed by atoms with Crippen LogP contribution >= 0.6 is 0 Å². The number of anilines is 1. The molecule has 0 aliphatic heterocycles. The predicted octanol–water partition coefficient (Wildman–Crippen LogP) is 2.19. The Morgan fingerprint density at radius 3 is 2.47 bits per heavy atom. The highest BCUT2D eigenvalue weighted by atomic mass is 32.2. The van der Waals surface area contributed by atoms with Crippen molar-refractivity contribution in [3.8, 4) is 5.75 Å². The summed E-state index contributed by atoms with van der Waals surface area (Å²) in [5.74, 6) is 0.880. The molecule has 6 nitrogen and oxygen atoms in total. The van der Waals surface area contributed by atoms with Gasteiger partial charge in [-0.05, 0) is 60.9 Å². The highest BCUT2D eigenvalue weighted by molar-refractivity contribution is 7.92. The SMILES string of the molecule is Cc1ccc(C)c(S(=O)(=O)Nc2cccc(OCCc3ccc(C(N)=[NH2+])cc3)c2)c1. The normalized spacial score (nSPS) is 11.1. The monoisotopic (exact) mass is 424 g/mol. The topological polar surface area (TPSA) is 107 Å². The van der Waals surface area contributed by atoms with Crippen molar-refractivity contribution in [1.82, 2.24) is 0 Å². The lowest BCUT2D eigenvalue weighted by molar-refractivity contribution is -0.114. The fourth-order valence-electron chi connectivity index (χ4n) is 3.01. The van der Waals surface area contributed by atoms with Gasteiger partial charge in [-0.15, -0.1) is 0 Å². The first-order valence-electron chi connectivity index (χ1n) is 9.55. The molecule has 0 fully saturated rings. The average molecular weight is 425 g/mol. The Kier molecular flexibility index (Phi) is 6.42. The summed E-state index contributed by atoms with van der Waals surface area (Å²) in [7, 11) is -3.69. The Morgan fingerprint density at radius 1 is 1.03 bits per heavy atom. The largest absolute Gasteiger partial charge is 0.493 e. The van der Waals surface area contributed by atoms with E-state index in [1.54, 1.807) is 43.3 Å². The van der Waals surface area contributed by atoms with E-state index in [0.29, 0.717) is 30.0 Å². The van der Waals surface area contributed by atoms with Crippen molar-refractivity contribution in [1.29, 1.82) is 0 Å². The van der Waals surface area contributed by atoms with Crippen molar-refractivity contribution in [3.63, 3.8) is 0 Å². The van der Waals surface area contributed by atoms with E-state index in [0.717, 1.165) is 16.7 Å². The van der Waals surface area contributed by atoms with Gasteiger partial charge in [-0.3, -0.25) is 15.9 Å². The Balaban J connectivity index is 1.64. The average Bonchev–Trinajstić information content (AvgIpc) is 2.70. The molecule has 0 aromatic heterocycles. The zero-order chi connectivity index (χ0) is 21.7. The Morgan fingerprint density at radius 2 is 1.77 bits per heavy atom. The van der Waals surface area contributed by atoms with Gasteiger partial charge in [0.25, 0.3) is 15.9 Å². The van der Waals surface area contributed by atoms with Crippen molar-refractivity contribution in [2.75, 3.05) is 11.3 Å². The number of hydrogen-bond donors (Lipinski definition) is 3. The molecule has 0 aliphatic rings. The first kappa shape index (κ1) is 21.4. The van der Waals surface area contributed by atoms with E-state index in [1.807, 2.05) is 37.3 Å². The van der Waals surface area contributed by atoms with Crippen LogP contribution in [0.5, 0.6) is 5.75 Å². The van der Waals surface area contributed by atoms with Crippen molar-refractivity contribution in [2.45, 2.75) is 25.2 Å². The molecular formula is C23H26N3O3S+. The minimum absolute atomic E-state index is 0.271. The fraction of sp³-hybridized carbons (Fsp3) is 0.174. The van der Waals surface area contributed by atoms with Gasteiger partial charge in [-0.1, -0.05) is 30.3 Å². The molecule has 0 bridgehead atoms. The van der Waals surface area contributed by atoms with Crippen molar-refractivity contribution in [3.05, 3.63) is 89.0 Å². The van der Waals surface area contributed by atoms with Gasteiger partial charge in [0, 0.05) is 12.5 Å². The number of nitrogens with two attached hydrogens (primary N) is 2. The van der Waals surface area contributed by atoms with Crippen LogP contribution in [-0.4, -0.2) is 20.9 Å². The Labute approximate surface area is 177 Å². The molecule has 5 N–H and O–H groups in total. The molecule has 3 aromatic carbocycles. The first-order valence-corrected chi connectivity index (χ1v) is 11.0. The molecule has 0 unspecified atom stereocenters. The third-order valence-corrected chi connectivity index (χ3v) is 6.19. The summed E-state index contributed by atoms with van der Waals surface area (Å²) in [4.78, 5) is 0.271. The molecule has 0 heterocycles. The summed E-state index contributed by atoms with van der Waals surface area (Å²) < 4.78 is 34.0. The van der Waals surface area contributed by atoms with E-state index in [9.17, 15) is 8.42 Å². The molecule has 3 rings (SSSR count). The van der Waals surface area contributed by atoms with Gasteiger partial charge in [-0.2, -0.15) is 0 Å². The molecule has 3 aromatic rings. The summed E-state index contributed by atoms with van der Waals surface area (Å²) in [6.07, 6.45) is 0.698. The predicted molar refractivity (Wildman–Crippen MR) is 119 cm³/mol. The Bertz CT molecular complexity index is 1160.